The van der Waals surface area contributed by atoms with Crippen molar-refractivity contribution in [1.29, 1.82) is 0 Å². The van der Waals surface area contributed by atoms with Crippen molar-refractivity contribution in [2.75, 3.05) is 49.2 Å². The van der Waals surface area contributed by atoms with Crippen molar-refractivity contribution in [2.45, 2.75) is 78.7 Å². The molecule has 2 aliphatic heterocycles. The third kappa shape index (κ3) is 6.40. The molecule has 8 heteroatoms. The summed E-state index contributed by atoms with van der Waals surface area (Å²) in [6.07, 6.45) is -0.260. The molecule has 2 atom stereocenters. The lowest BCUT2D eigenvalue weighted by molar-refractivity contribution is 0.0218. The molecule has 0 aromatic carbocycles. The summed E-state index contributed by atoms with van der Waals surface area (Å²) in [5.41, 5.74) is 0.244. The maximum atomic E-state index is 12.5. The van der Waals surface area contributed by atoms with Gasteiger partial charge in [0.25, 0.3) is 0 Å². The fourth-order valence-corrected chi connectivity index (χ4v) is 4.06. The summed E-state index contributed by atoms with van der Waals surface area (Å²) < 4.78 is 17.4. The Morgan fingerprint density at radius 3 is 2.31 bits per heavy atom. The smallest absolute Gasteiger partial charge is 0.410 e. The van der Waals surface area contributed by atoms with Crippen molar-refractivity contribution in [3.63, 3.8) is 0 Å². The van der Waals surface area contributed by atoms with E-state index in [4.69, 9.17) is 19.2 Å². The second kappa shape index (κ2) is 9.33. The van der Waals surface area contributed by atoms with Crippen molar-refractivity contribution in [3.05, 3.63) is 12.1 Å². The Bertz CT molecular complexity index is 802. The molecular formula is C24H40N4O4. The molecule has 8 nitrogen and oxygen atoms in total. The highest BCUT2D eigenvalue weighted by molar-refractivity contribution is 5.69. The van der Waals surface area contributed by atoms with Crippen LogP contribution in [0.25, 0.3) is 0 Å². The normalized spacial score (nSPS) is 22.7. The Morgan fingerprint density at radius 2 is 1.72 bits per heavy atom. The van der Waals surface area contributed by atoms with Crippen LogP contribution >= 0.6 is 0 Å². The van der Waals surface area contributed by atoms with Crippen LogP contribution in [-0.2, 0) is 9.47 Å². The van der Waals surface area contributed by atoms with Gasteiger partial charge in [-0.1, -0.05) is 0 Å². The fraction of sp³-hybridized carbons (Fsp3) is 0.750. The molecule has 0 saturated carbocycles. The molecule has 3 heterocycles. The largest absolute Gasteiger partial charge is 0.472 e. The minimum Gasteiger partial charge on any atom is -0.472 e. The van der Waals surface area contributed by atoms with Gasteiger partial charge in [0, 0.05) is 56.1 Å². The molecule has 1 aromatic rings. The van der Waals surface area contributed by atoms with Gasteiger partial charge in [0.15, 0.2) is 0 Å². The molecule has 0 aliphatic carbocycles. The van der Waals surface area contributed by atoms with Gasteiger partial charge in [-0.05, 0) is 55.4 Å². The van der Waals surface area contributed by atoms with Crippen LogP contribution in [0.3, 0.4) is 0 Å². The summed E-state index contributed by atoms with van der Waals surface area (Å²) in [7, 11) is 0. The number of piperazine rings is 1. The number of aromatic nitrogens is 1. The van der Waals surface area contributed by atoms with Crippen LogP contribution in [0, 0.1) is 0 Å². The lowest BCUT2D eigenvalue weighted by Crippen LogP contribution is -2.55. The zero-order valence-electron chi connectivity index (χ0n) is 21.0. The average Bonchev–Trinajstić information content (AvgIpc) is 2.65. The molecule has 180 valence electrons. The van der Waals surface area contributed by atoms with Crippen LogP contribution in [0.5, 0.6) is 5.88 Å². The van der Waals surface area contributed by atoms with Crippen molar-refractivity contribution in [1.82, 2.24) is 9.88 Å². The van der Waals surface area contributed by atoms with Gasteiger partial charge in [-0.3, -0.25) is 0 Å². The highest BCUT2D eigenvalue weighted by atomic mass is 16.6. The topological polar surface area (TPSA) is 67.4 Å². The van der Waals surface area contributed by atoms with Crippen molar-refractivity contribution < 1.29 is 19.0 Å². The first-order valence-electron chi connectivity index (χ1n) is 11.6. The molecule has 1 aromatic heterocycles. The van der Waals surface area contributed by atoms with E-state index >= 15 is 0 Å². The molecule has 32 heavy (non-hydrogen) atoms. The van der Waals surface area contributed by atoms with Gasteiger partial charge in [-0.25, -0.2) is 4.79 Å². The van der Waals surface area contributed by atoms with Crippen molar-refractivity contribution >= 4 is 17.6 Å². The van der Waals surface area contributed by atoms with Crippen molar-refractivity contribution in [3.8, 4) is 5.88 Å². The third-order valence-electron chi connectivity index (χ3n) is 5.46. The predicted octanol–water partition coefficient (Wildman–Crippen LogP) is 3.93. The first-order valence-corrected chi connectivity index (χ1v) is 11.6. The van der Waals surface area contributed by atoms with Gasteiger partial charge >= 0.3 is 6.09 Å². The second-order valence-corrected chi connectivity index (χ2v) is 10.8. The molecule has 2 saturated heterocycles. The first kappa shape index (κ1) is 24.4. The Kier molecular flexibility index (Phi) is 7.12. The number of ether oxygens (including phenoxy) is 3. The van der Waals surface area contributed by atoms with E-state index in [1.54, 1.807) is 4.90 Å². The number of rotatable bonds is 3. The van der Waals surface area contributed by atoms with Gasteiger partial charge in [0.2, 0.25) is 5.88 Å². The molecule has 2 fully saturated rings. The lowest BCUT2D eigenvalue weighted by Gasteiger charge is -2.41. The number of pyridine rings is 1. The first-order chi connectivity index (χ1) is 14.8. The number of carbonyl (C=O) groups is 1. The number of anilines is 2. The third-order valence-corrected chi connectivity index (χ3v) is 5.46. The van der Waals surface area contributed by atoms with Gasteiger partial charge in [-0.15, -0.1) is 0 Å². The van der Waals surface area contributed by atoms with Crippen LogP contribution in [0.1, 0.15) is 55.4 Å². The van der Waals surface area contributed by atoms with E-state index in [0.717, 1.165) is 18.1 Å². The summed E-state index contributed by atoms with van der Waals surface area (Å²) in [5, 5.41) is 0. The van der Waals surface area contributed by atoms with E-state index in [0.29, 0.717) is 38.7 Å². The van der Waals surface area contributed by atoms with E-state index in [-0.39, 0.29) is 23.8 Å². The molecule has 0 spiro atoms. The Labute approximate surface area is 192 Å². The minimum atomic E-state index is -0.499. The summed E-state index contributed by atoms with van der Waals surface area (Å²) in [4.78, 5) is 23.8. The molecule has 3 rings (SSSR count). The quantitative estimate of drug-likeness (QED) is 0.694. The summed E-state index contributed by atoms with van der Waals surface area (Å²) in [5.74, 6) is 1.49. The monoisotopic (exact) mass is 448 g/mol. The molecule has 2 aliphatic rings. The lowest BCUT2D eigenvalue weighted by atomic mass is 10.1. The van der Waals surface area contributed by atoms with Gasteiger partial charge in [0.1, 0.15) is 17.0 Å². The zero-order chi connectivity index (χ0) is 23.7. The highest BCUT2D eigenvalue weighted by Gasteiger charge is 2.31. The number of morpholine rings is 1. The molecule has 0 radical (unpaired) electrons. The van der Waals surface area contributed by atoms with E-state index in [9.17, 15) is 4.79 Å². The van der Waals surface area contributed by atoms with E-state index in [1.165, 1.54) is 0 Å². The summed E-state index contributed by atoms with van der Waals surface area (Å²) >= 11 is 0. The minimum absolute atomic E-state index is 0.101. The zero-order valence-corrected chi connectivity index (χ0v) is 21.0. The Hall–Kier alpha value is -2.22. The van der Waals surface area contributed by atoms with Gasteiger partial charge < -0.3 is 28.9 Å². The van der Waals surface area contributed by atoms with Crippen LogP contribution in [-0.4, -0.2) is 78.7 Å². The second-order valence-electron chi connectivity index (χ2n) is 10.8. The maximum Gasteiger partial charge on any atom is 0.410 e. The average molecular weight is 449 g/mol. The van der Waals surface area contributed by atoms with Crippen LogP contribution in [0.2, 0.25) is 0 Å². The number of amides is 1. The number of nitrogens with zero attached hydrogens (tertiary/aromatic N) is 4. The Morgan fingerprint density at radius 1 is 1.00 bits per heavy atom. The van der Waals surface area contributed by atoms with Gasteiger partial charge in [-0.2, -0.15) is 4.98 Å². The molecular weight excluding hydrogens is 408 g/mol. The SMILES string of the molecule is CC1CN(C(=O)OC(C)(C)C)CCN1c1cc(N2CCOC[C@H]2C)cc(OC(C)(C)C)n1. The van der Waals surface area contributed by atoms with Gasteiger partial charge in [0.05, 0.1) is 13.2 Å². The molecule has 0 bridgehead atoms. The van der Waals surface area contributed by atoms with E-state index in [1.807, 2.05) is 47.6 Å². The summed E-state index contributed by atoms with van der Waals surface area (Å²) in [6, 6.07) is 4.54. The fourth-order valence-electron chi connectivity index (χ4n) is 4.06. The van der Waals surface area contributed by atoms with Crippen LogP contribution in [0.4, 0.5) is 16.3 Å². The Balaban J connectivity index is 1.83. The predicted molar refractivity (Wildman–Crippen MR) is 127 cm³/mol. The van der Waals surface area contributed by atoms with Crippen LogP contribution in [0.15, 0.2) is 12.1 Å². The van der Waals surface area contributed by atoms with E-state index in [2.05, 4.69) is 29.7 Å². The molecule has 1 amide bonds. The number of hydrogen-bond acceptors (Lipinski definition) is 7. The standard InChI is InChI=1S/C24H40N4O4/c1-17-15-26(22(29)32-24(6,7)8)9-10-28(17)20-13-19(27-11-12-30-16-18(27)2)14-21(25-20)31-23(3,4)5/h13-14,17-18H,9-12,15-16H2,1-8H3/t17?,18-/m1/s1. The molecule has 1 unspecified atom stereocenters. The summed E-state index contributed by atoms with van der Waals surface area (Å²) in [6.45, 7) is 20.2. The van der Waals surface area contributed by atoms with E-state index < -0.39 is 5.60 Å². The molecule has 0 N–H and O–H groups in total. The van der Waals surface area contributed by atoms with Crippen LogP contribution < -0.4 is 14.5 Å². The maximum absolute atomic E-state index is 12.5. The highest BCUT2D eigenvalue weighted by Crippen LogP contribution is 2.31. The number of hydrogen-bond donors (Lipinski definition) is 0. The van der Waals surface area contributed by atoms with Crippen molar-refractivity contribution in [2.24, 2.45) is 0 Å². The number of carbonyl (C=O) groups excluding carboxylic acids is 1.